The van der Waals surface area contributed by atoms with Crippen molar-refractivity contribution in [3.05, 3.63) is 64.4 Å². The van der Waals surface area contributed by atoms with E-state index in [0.29, 0.717) is 18.0 Å². The quantitative estimate of drug-likeness (QED) is 0.567. The van der Waals surface area contributed by atoms with Crippen molar-refractivity contribution < 1.29 is 14.3 Å². The summed E-state index contributed by atoms with van der Waals surface area (Å²) in [5, 5.41) is 13.3. The molecule has 1 heterocycles. The first-order chi connectivity index (χ1) is 14.0. The highest BCUT2D eigenvalue weighted by molar-refractivity contribution is 9.10. The zero-order valence-corrected chi connectivity index (χ0v) is 17.6. The average molecular weight is 458 g/mol. The minimum absolute atomic E-state index is 0.166. The molecule has 3 aromatic rings. The van der Waals surface area contributed by atoms with Crippen LogP contribution in [0.2, 0.25) is 0 Å². The van der Waals surface area contributed by atoms with Crippen molar-refractivity contribution >= 4 is 33.4 Å². The van der Waals surface area contributed by atoms with Gasteiger partial charge in [0.25, 0.3) is 5.91 Å². The molecule has 0 unspecified atom stereocenters. The van der Waals surface area contributed by atoms with Gasteiger partial charge in [-0.05, 0) is 56.3 Å². The van der Waals surface area contributed by atoms with Crippen molar-refractivity contribution in [3.63, 3.8) is 0 Å². The number of carbonyl (C=O) groups excluding carboxylic acids is 2. The highest BCUT2D eigenvalue weighted by Crippen LogP contribution is 2.17. The molecule has 8 nitrogen and oxygen atoms in total. The summed E-state index contributed by atoms with van der Waals surface area (Å²) < 4.78 is 7.82. The molecule has 9 heteroatoms. The van der Waals surface area contributed by atoms with Crippen molar-refractivity contribution in [2.45, 2.75) is 13.8 Å². The maximum Gasteiger partial charge on any atom is 0.274 e. The molecule has 0 aliphatic heterocycles. The zero-order valence-electron chi connectivity index (χ0n) is 16.0. The molecule has 29 heavy (non-hydrogen) atoms. The summed E-state index contributed by atoms with van der Waals surface area (Å²) in [5.74, 6) is -0.0899. The van der Waals surface area contributed by atoms with Gasteiger partial charge in [0.1, 0.15) is 5.75 Å². The highest BCUT2D eigenvalue weighted by Gasteiger charge is 2.18. The lowest BCUT2D eigenvalue weighted by atomic mass is 10.3. The molecule has 2 N–H and O–H groups in total. The van der Waals surface area contributed by atoms with Gasteiger partial charge in [-0.1, -0.05) is 27.2 Å². The minimum Gasteiger partial charge on any atom is -0.494 e. The van der Waals surface area contributed by atoms with Gasteiger partial charge in [-0.15, -0.1) is 5.10 Å². The average Bonchev–Trinajstić information content (AvgIpc) is 3.09. The SMILES string of the molecule is CCOc1ccc(NC(=O)CNC(=O)c2nnn(-c3cccc(Br)c3)c2C)cc1. The first-order valence-electron chi connectivity index (χ1n) is 8.97. The molecule has 0 saturated carbocycles. The van der Waals surface area contributed by atoms with E-state index in [1.165, 1.54) is 0 Å². The van der Waals surface area contributed by atoms with Crippen LogP contribution in [0.5, 0.6) is 5.75 Å². The second-order valence-electron chi connectivity index (χ2n) is 6.10. The van der Waals surface area contributed by atoms with Crippen LogP contribution in [0.3, 0.4) is 0 Å². The first-order valence-corrected chi connectivity index (χ1v) is 9.76. The Kier molecular flexibility index (Phi) is 6.61. The predicted molar refractivity (Wildman–Crippen MR) is 112 cm³/mol. The number of benzene rings is 2. The van der Waals surface area contributed by atoms with Gasteiger partial charge in [0.15, 0.2) is 5.69 Å². The molecule has 0 saturated heterocycles. The molecule has 0 radical (unpaired) electrons. The Balaban J connectivity index is 1.58. The summed E-state index contributed by atoms with van der Waals surface area (Å²) in [7, 11) is 0. The second kappa shape index (κ2) is 9.33. The maximum atomic E-state index is 12.4. The summed E-state index contributed by atoms with van der Waals surface area (Å²) >= 11 is 3.41. The number of nitrogens with one attached hydrogen (secondary N) is 2. The van der Waals surface area contributed by atoms with Crippen LogP contribution < -0.4 is 15.4 Å². The number of ether oxygens (including phenoxy) is 1. The van der Waals surface area contributed by atoms with Crippen molar-refractivity contribution in [2.75, 3.05) is 18.5 Å². The Morgan fingerprint density at radius 1 is 1.17 bits per heavy atom. The van der Waals surface area contributed by atoms with Crippen LogP contribution in [0.15, 0.2) is 53.0 Å². The fourth-order valence-corrected chi connectivity index (χ4v) is 3.03. The number of amides is 2. The van der Waals surface area contributed by atoms with Gasteiger partial charge < -0.3 is 15.4 Å². The Morgan fingerprint density at radius 3 is 2.62 bits per heavy atom. The molecule has 2 amide bonds. The molecular formula is C20H20BrN5O3. The minimum atomic E-state index is -0.467. The summed E-state index contributed by atoms with van der Waals surface area (Å²) in [6, 6.07) is 14.5. The van der Waals surface area contributed by atoms with Crippen molar-refractivity contribution in [2.24, 2.45) is 0 Å². The van der Waals surface area contributed by atoms with E-state index < -0.39 is 5.91 Å². The van der Waals surface area contributed by atoms with Gasteiger partial charge in [0.2, 0.25) is 5.91 Å². The lowest BCUT2D eigenvalue weighted by Gasteiger charge is -2.08. The summed E-state index contributed by atoms with van der Waals surface area (Å²) in [4.78, 5) is 24.5. The van der Waals surface area contributed by atoms with Crippen LogP contribution in [-0.4, -0.2) is 40.0 Å². The molecule has 2 aromatic carbocycles. The Hall–Kier alpha value is -3.20. The lowest BCUT2D eigenvalue weighted by Crippen LogP contribution is -2.33. The Morgan fingerprint density at radius 2 is 1.93 bits per heavy atom. The Bertz CT molecular complexity index is 1020. The topological polar surface area (TPSA) is 98.1 Å². The third kappa shape index (κ3) is 5.20. The van der Waals surface area contributed by atoms with E-state index in [9.17, 15) is 9.59 Å². The predicted octanol–water partition coefficient (Wildman–Crippen LogP) is 3.11. The number of rotatable bonds is 7. The van der Waals surface area contributed by atoms with Gasteiger partial charge in [0, 0.05) is 10.2 Å². The normalized spacial score (nSPS) is 10.4. The number of anilines is 1. The lowest BCUT2D eigenvalue weighted by molar-refractivity contribution is -0.115. The van der Waals surface area contributed by atoms with Crippen LogP contribution in [0.25, 0.3) is 5.69 Å². The number of nitrogens with zero attached hydrogens (tertiary/aromatic N) is 3. The molecular weight excluding hydrogens is 438 g/mol. The zero-order chi connectivity index (χ0) is 20.8. The maximum absolute atomic E-state index is 12.4. The molecule has 0 aliphatic rings. The number of aromatic nitrogens is 3. The third-order valence-corrected chi connectivity index (χ3v) is 4.51. The highest BCUT2D eigenvalue weighted by atomic mass is 79.9. The molecule has 0 atom stereocenters. The molecule has 0 bridgehead atoms. The number of carbonyl (C=O) groups is 2. The Labute approximate surface area is 176 Å². The van der Waals surface area contributed by atoms with E-state index in [1.54, 1.807) is 35.9 Å². The van der Waals surface area contributed by atoms with E-state index in [0.717, 1.165) is 15.9 Å². The smallest absolute Gasteiger partial charge is 0.274 e. The van der Waals surface area contributed by atoms with Gasteiger partial charge >= 0.3 is 0 Å². The molecule has 0 aliphatic carbocycles. The monoisotopic (exact) mass is 457 g/mol. The van der Waals surface area contributed by atoms with Crippen LogP contribution >= 0.6 is 15.9 Å². The van der Waals surface area contributed by atoms with Crippen molar-refractivity contribution in [1.82, 2.24) is 20.3 Å². The van der Waals surface area contributed by atoms with Crippen molar-refractivity contribution in [3.8, 4) is 11.4 Å². The number of halogens is 1. The molecule has 3 rings (SSSR count). The molecule has 150 valence electrons. The van der Waals surface area contributed by atoms with E-state index >= 15 is 0 Å². The summed E-state index contributed by atoms with van der Waals surface area (Å²) in [5.41, 5.74) is 2.13. The third-order valence-electron chi connectivity index (χ3n) is 4.02. The summed E-state index contributed by atoms with van der Waals surface area (Å²) in [6.45, 7) is 4.03. The summed E-state index contributed by atoms with van der Waals surface area (Å²) in [6.07, 6.45) is 0. The molecule has 0 fully saturated rings. The number of hydrogen-bond donors (Lipinski definition) is 2. The molecule has 1 aromatic heterocycles. The molecule has 0 spiro atoms. The van der Waals surface area contributed by atoms with Gasteiger partial charge in [0.05, 0.1) is 24.5 Å². The largest absolute Gasteiger partial charge is 0.494 e. The van der Waals surface area contributed by atoms with E-state index in [2.05, 4.69) is 36.9 Å². The van der Waals surface area contributed by atoms with Crippen molar-refractivity contribution in [1.29, 1.82) is 0 Å². The van der Waals surface area contributed by atoms with Crippen LogP contribution in [0.1, 0.15) is 23.1 Å². The first kappa shape index (κ1) is 20.5. The van der Waals surface area contributed by atoms with E-state index in [-0.39, 0.29) is 18.1 Å². The van der Waals surface area contributed by atoms with Crippen LogP contribution in [0, 0.1) is 6.92 Å². The van der Waals surface area contributed by atoms with E-state index in [4.69, 9.17) is 4.74 Å². The van der Waals surface area contributed by atoms with Gasteiger partial charge in [-0.25, -0.2) is 4.68 Å². The standard InChI is InChI=1S/C20H20BrN5O3/c1-3-29-17-9-7-15(8-10-17)23-18(27)12-22-20(28)19-13(2)26(25-24-19)16-6-4-5-14(21)11-16/h4-11H,3,12H2,1-2H3,(H,22,28)(H,23,27). The van der Waals surface area contributed by atoms with Gasteiger partial charge in [-0.2, -0.15) is 0 Å². The van der Waals surface area contributed by atoms with Crippen LogP contribution in [-0.2, 0) is 4.79 Å². The van der Waals surface area contributed by atoms with Gasteiger partial charge in [-0.3, -0.25) is 9.59 Å². The second-order valence-corrected chi connectivity index (χ2v) is 7.02. The number of hydrogen-bond acceptors (Lipinski definition) is 5. The van der Waals surface area contributed by atoms with Crippen LogP contribution in [0.4, 0.5) is 5.69 Å². The fraction of sp³-hybridized carbons (Fsp3) is 0.200. The van der Waals surface area contributed by atoms with E-state index in [1.807, 2.05) is 31.2 Å². The fourth-order valence-electron chi connectivity index (χ4n) is 2.64.